The number of aryl methyl sites for hydroxylation is 2. The summed E-state index contributed by atoms with van der Waals surface area (Å²) in [5, 5.41) is 0.796. The lowest BCUT2D eigenvalue weighted by Crippen LogP contribution is -2.24. The van der Waals surface area contributed by atoms with E-state index in [0.29, 0.717) is 6.61 Å². The van der Waals surface area contributed by atoms with Gasteiger partial charge >= 0.3 is 0 Å². The normalized spacial score (nSPS) is 13.6. The molecule has 0 bridgehead atoms. The molecule has 0 amide bonds. The highest BCUT2D eigenvalue weighted by Gasteiger charge is 2.20. The van der Waals surface area contributed by atoms with Crippen LogP contribution in [0.5, 0.6) is 5.88 Å². The number of pyridine rings is 1. The van der Waals surface area contributed by atoms with E-state index in [1.807, 2.05) is 30.3 Å². The molecule has 0 aliphatic carbocycles. The second kappa shape index (κ2) is 5.92. The molecule has 0 atom stereocenters. The first-order valence-corrected chi connectivity index (χ1v) is 8.16. The number of hydrogen-bond donors (Lipinski definition) is 0. The SMILES string of the molecule is O=c1c2c(n(CCc3ccccc3)c3ccccc13)OCCC2. The van der Waals surface area contributed by atoms with Crippen LogP contribution in [0.15, 0.2) is 59.4 Å². The van der Waals surface area contributed by atoms with Crippen LogP contribution in [0.1, 0.15) is 17.5 Å². The van der Waals surface area contributed by atoms with E-state index in [4.69, 9.17) is 4.74 Å². The van der Waals surface area contributed by atoms with Gasteiger partial charge in [-0.25, -0.2) is 0 Å². The second-order valence-corrected chi connectivity index (χ2v) is 5.97. The summed E-state index contributed by atoms with van der Waals surface area (Å²) in [4.78, 5) is 12.7. The van der Waals surface area contributed by atoms with E-state index < -0.39 is 0 Å². The highest BCUT2D eigenvalue weighted by atomic mass is 16.5. The lowest BCUT2D eigenvalue weighted by Gasteiger charge is -2.23. The van der Waals surface area contributed by atoms with Gasteiger partial charge in [-0.15, -0.1) is 0 Å². The lowest BCUT2D eigenvalue weighted by atomic mass is 10.0. The Morgan fingerprint density at radius 3 is 2.65 bits per heavy atom. The Morgan fingerprint density at radius 1 is 1.00 bits per heavy atom. The number of para-hydroxylation sites is 1. The van der Waals surface area contributed by atoms with E-state index in [1.165, 1.54) is 5.56 Å². The molecule has 1 aromatic heterocycles. The molecule has 1 aliphatic rings. The van der Waals surface area contributed by atoms with E-state index in [1.54, 1.807) is 0 Å². The first kappa shape index (κ1) is 14.1. The largest absolute Gasteiger partial charge is 0.479 e. The third-order valence-electron chi connectivity index (χ3n) is 4.49. The highest BCUT2D eigenvalue weighted by Crippen LogP contribution is 2.27. The Bertz CT molecular complexity index is 897. The maximum Gasteiger partial charge on any atom is 0.201 e. The van der Waals surface area contributed by atoms with Gasteiger partial charge in [0.2, 0.25) is 5.88 Å². The first-order chi connectivity index (χ1) is 11.3. The molecule has 0 fully saturated rings. The van der Waals surface area contributed by atoms with Crippen molar-refractivity contribution >= 4 is 10.9 Å². The summed E-state index contributed by atoms with van der Waals surface area (Å²) in [6.45, 7) is 1.50. The summed E-state index contributed by atoms with van der Waals surface area (Å²) in [7, 11) is 0. The van der Waals surface area contributed by atoms with Gasteiger partial charge in [0.1, 0.15) is 0 Å². The Morgan fingerprint density at radius 2 is 1.78 bits per heavy atom. The average molecular weight is 305 g/mol. The van der Waals surface area contributed by atoms with Gasteiger partial charge in [0, 0.05) is 11.9 Å². The topological polar surface area (TPSA) is 31.2 Å². The van der Waals surface area contributed by atoms with Crippen LogP contribution in [-0.2, 0) is 19.4 Å². The van der Waals surface area contributed by atoms with Crippen LogP contribution < -0.4 is 10.2 Å². The maximum absolute atomic E-state index is 12.7. The minimum atomic E-state index is 0.131. The lowest BCUT2D eigenvalue weighted by molar-refractivity contribution is 0.261. The monoisotopic (exact) mass is 305 g/mol. The van der Waals surface area contributed by atoms with Crippen molar-refractivity contribution in [3.63, 3.8) is 0 Å². The van der Waals surface area contributed by atoms with E-state index in [0.717, 1.165) is 48.2 Å². The number of hydrogen-bond acceptors (Lipinski definition) is 2. The predicted molar refractivity (Wildman–Crippen MR) is 92.2 cm³/mol. The Kier molecular flexibility index (Phi) is 3.62. The summed E-state index contributed by atoms with van der Waals surface area (Å²) in [5.41, 5.74) is 3.23. The van der Waals surface area contributed by atoms with Crippen molar-refractivity contribution in [2.45, 2.75) is 25.8 Å². The van der Waals surface area contributed by atoms with Crippen LogP contribution in [0.2, 0.25) is 0 Å². The molecule has 2 heterocycles. The van der Waals surface area contributed by atoms with E-state index in [2.05, 4.69) is 28.8 Å². The summed E-state index contributed by atoms with van der Waals surface area (Å²) in [6, 6.07) is 18.3. The van der Waals surface area contributed by atoms with Crippen molar-refractivity contribution in [2.24, 2.45) is 0 Å². The summed E-state index contributed by atoms with van der Waals surface area (Å²) < 4.78 is 8.07. The number of rotatable bonds is 3. The molecule has 0 saturated carbocycles. The molecule has 0 N–H and O–H groups in total. The molecule has 0 radical (unpaired) electrons. The Balaban J connectivity index is 1.84. The first-order valence-electron chi connectivity index (χ1n) is 8.16. The molecule has 4 rings (SSSR count). The minimum absolute atomic E-state index is 0.131. The Hall–Kier alpha value is -2.55. The van der Waals surface area contributed by atoms with E-state index >= 15 is 0 Å². The zero-order chi connectivity index (χ0) is 15.6. The van der Waals surface area contributed by atoms with Gasteiger partial charge in [0.15, 0.2) is 5.43 Å². The highest BCUT2D eigenvalue weighted by molar-refractivity contribution is 5.81. The molecule has 3 aromatic rings. The van der Waals surface area contributed by atoms with Gasteiger partial charge in [-0.3, -0.25) is 4.79 Å². The fourth-order valence-corrected chi connectivity index (χ4v) is 3.34. The molecule has 23 heavy (non-hydrogen) atoms. The minimum Gasteiger partial charge on any atom is -0.479 e. The zero-order valence-corrected chi connectivity index (χ0v) is 13.0. The molecule has 3 heteroatoms. The Labute approximate surface area is 135 Å². The standard InChI is InChI=1S/C20H19NO2/c22-19-16-9-4-5-11-18(16)21(20-17(19)10-6-14-23-20)13-12-15-7-2-1-3-8-15/h1-5,7-9,11H,6,10,12-14H2. The molecular weight excluding hydrogens is 286 g/mol. The van der Waals surface area contributed by atoms with Gasteiger partial charge in [-0.2, -0.15) is 0 Å². The van der Waals surface area contributed by atoms with Gasteiger partial charge in [0.25, 0.3) is 0 Å². The number of nitrogens with zero attached hydrogens (tertiary/aromatic N) is 1. The molecule has 116 valence electrons. The van der Waals surface area contributed by atoms with Crippen LogP contribution in [0.25, 0.3) is 10.9 Å². The van der Waals surface area contributed by atoms with Crippen LogP contribution in [0.3, 0.4) is 0 Å². The summed E-state index contributed by atoms with van der Waals surface area (Å²) in [6.07, 6.45) is 2.65. The van der Waals surface area contributed by atoms with Gasteiger partial charge in [-0.05, 0) is 37.0 Å². The van der Waals surface area contributed by atoms with Crippen molar-refractivity contribution in [1.82, 2.24) is 4.57 Å². The van der Waals surface area contributed by atoms with Crippen molar-refractivity contribution in [3.05, 3.63) is 75.9 Å². The number of ether oxygens (including phenoxy) is 1. The van der Waals surface area contributed by atoms with Crippen LogP contribution in [0.4, 0.5) is 0 Å². The van der Waals surface area contributed by atoms with E-state index in [9.17, 15) is 4.79 Å². The van der Waals surface area contributed by atoms with Crippen molar-refractivity contribution in [2.75, 3.05) is 6.61 Å². The fraction of sp³-hybridized carbons (Fsp3) is 0.250. The van der Waals surface area contributed by atoms with Gasteiger partial charge in [-0.1, -0.05) is 42.5 Å². The van der Waals surface area contributed by atoms with Crippen molar-refractivity contribution in [1.29, 1.82) is 0 Å². The third kappa shape index (κ3) is 2.52. The molecule has 1 aliphatic heterocycles. The number of fused-ring (bicyclic) bond motifs is 2. The molecular formula is C20H19NO2. The number of benzene rings is 2. The summed E-state index contributed by atoms with van der Waals surface area (Å²) in [5.74, 6) is 0.774. The summed E-state index contributed by atoms with van der Waals surface area (Å²) >= 11 is 0. The molecule has 0 saturated heterocycles. The zero-order valence-electron chi connectivity index (χ0n) is 13.0. The van der Waals surface area contributed by atoms with Gasteiger partial charge in [0.05, 0.1) is 17.7 Å². The van der Waals surface area contributed by atoms with Crippen LogP contribution >= 0.6 is 0 Å². The predicted octanol–water partition coefficient (Wildman–Crippen LogP) is 3.57. The molecule has 3 nitrogen and oxygen atoms in total. The third-order valence-corrected chi connectivity index (χ3v) is 4.49. The average Bonchev–Trinajstić information content (AvgIpc) is 2.63. The van der Waals surface area contributed by atoms with Crippen molar-refractivity contribution < 1.29 is 4.74 Å². The van der Waals surface area contributed by atoms with Crippen molar-refractivity contribution in [3.8, 4) is 5.88 Å². The molecule has 0 unspecified atom stereocenters. The maximum atomic E-state index is 12.7. The fourth-order valence-electron chi connectivity index (χ4n) is 3.34. The van der Waals surface area contributed by atoms with Gasteiger partial charge < -0.3 is 9.30 Å². The molecule has 2 aromatic carbocycles. The van der Waals surface area contributed by atoms with Crippen LogP contribution in [-0.4, -0.2) is 11.2 Å². The quantitative estimate of drug-likeness (QED) is 0.741. The number of aromatic nitrogens is 1. The van der Waals surface area contributed by atoms with Crippen LogP contribution in [0, 0.1) is 0 Å². The smallest absolute Gasteiger partial charge is 0.201 e. The molecule has 0 spiro atoms. The second-order valence-electron chi connectivity index (χ2n) is 5.97. The van der Waals surface area contributed by atoms with E-state index in [-0.39, 0.29) is 5.43 Å².